The predicted octanol–water partition coefficient (Wildman–Crippen LogP) is 0.426. The Labute approximate surface area is 80.9 Å². The van der Waals surface area contributed by atoms with E-state index in [0.29, 0.717) is 12.6 Å². The predicted molar refractivity (Wildman–Crippen MR) is 54.5 cm³/mol. The van der Waals surface area contributed by atoms with Crippen molar-refractivity contribution in [2.75, 3.05) is 20.1 Å². The van der Waals surface area contributed by atoms with Crippen LogP contribution in [0.3, 0.4) is 0 Å². The van der Waals surface area contributed by atoms with Crippen molar-refractivity contribution in [3.05, 3.63) is 0 Å². The molecule has 1 aliphatic heterocycles. The zero-order valence-electron chi connectivity index (χ0n) is 9.17. The molecule has 1 heterocycles. The molecule has 3 nitrogen and oxygen atoms in total. The van der Waals surface area contributed by atoms with E-state index in [-0.39, 0.29) is 5.41 Å². The number of hydrogen-bond donors (Lipinski definition) is 2. The van der Waals surface area contributed by atoms with E-state index in [9.17, 15) is 5.11 Å². The van der Waals surface area contributed by atoms with Gasteiger partial charge in [0.1, 0.15) is 0 Å². The minimum Gasteiger partial charge on any atom is -0.388 e. The minimum absolute atomic E-state index is 0.188. The minimum atomic E-state index is -0.615. The largest absolute Gasteiger partial charge is 0.388 e. The average molecular weight is 186 g/mol. The van der Waals surface area contributed by atoms with Gasteiger partial charge in [-0.05, 0) is 20.4 Å². The smallest absolute Gasteiger partial charge is 0.0851 e. The fourth-order valence-corrected chi connectivity index (χ4v) is 1.96. The van der Waals surface area contributed by atoms with Crippen LogP contribution in [0.2, 0.25) is 0 Å². The van der Waals surface area contributed by atoms with Gasteiger partial charge in [0.2, 0.25) is 0 Å². The normalized spacial score (nSPS) is 36.9. The molecule has 1 rings (SSSR count). The average Bonchev–Trinajstić information content (AvgIpc) is 2.28. The lowest BCUT2D eigenvalue weighted by Crippen LogP contribution is -2.50. The molecule has 0 saturated carbocycles. The third-order valence-corrected chi connectivity index (χ3v) is 3.67. The molecule has 1 fully saturated rings. The molecule has 0 aromatic carbocycles. The van der Waals surface area contributed by atoms with Crippen LogP contribution in [0.5, 0.6) is 0 Å². The summed E-state index contributed by atoms with van der Waals surface area (Å²) in [4.78, 5) is 2.19. The summed E-state index contributed by atoms with van der Waals surface area (Å²) in [7, 11) is 2.05. The van der Waals surface area contributed by atoms with E-state index in [2.05, 4.69) is 18.9 Å². The van der Waals surface area contributed by atoms with Gasteiger partial charge in [0, 0.05) is 24.5 Å². The highest BCUT2D eigenvalue weighted by atomic mass is 16.3. The Morgan fingerprint density at radius 2 is 2.15 bits per heavy atom. The van der Waals surface area contributed by atoms with Crippen molar-refractivity contribution in [3.8, 4) is 0 Å². The molecule has 0 aromatic rings. The van der Waals surface area contributed by atoms with Gasteiger partial charge in [-0.15, -0.1) is 0 Å². The summed E-state index contributed by atoms with van der Waals surface area (Å²) in [6, 6.07) is 0.454. The first-order chi connectivity index (χ1) is 5.82. The molecular weight excluding hydrogens is 164 g/mol. The standard InChI is InChI=1S/C10H22N2O/c1-8-5-10(13,7-12(8)4)9(2,3)6-11/h8,13H,5-7,11H2,1-4H3. The molecule has 1 saturated heterocycles. The number of rotatable bonds is 2. The SMILES string of the molecule is CC1CC(O)(C(C)(C)CN)CN1C. The molecular formula is C10H22N2O. The summed E-state index contributed by atoms with van der Waals surface area (Å²) in [6.45, 7) is 7.49. The number of hydrogen-bond acceptors (Lipinski definition) is 3. The van der Waals surface area contributed by atoms with Crippen molar-refractivity contribution >= 4 is 0 Å². The molecule has 0 spiro atoms. The van der Waals surface area contributed by atoms with Crippen LogP contribution in [0.15, 0.2) is 0 Å². The van der Waals surface area contributed by atoms with Crippen molar-refractivity contribution in [1.82, 2.24) is 4.90 Å². The van der Waals surface area contributed by atoms with Crippen LogP contribution in [-0.4, -0.2) is 41.8 Å². The van der Waals surface area contributed by atoms with Crippen LogP contribution in [-0.2, 0) is 0 Å². The van der Waals surface area contributed by atoms with Gasteiger partial charge in [-0.3, -0.25) is 0 Å². The van der Waals surface area contributed by atoms with Gasteiger partial charge in [-0.1, -0.05) is 13.8 Å². The van der Waals surface area contributed by atoms with Crippen LogP contribution >= 0.6 is 0 Å². The fraction of sp³-hybridized carbons (Fsp3) is 1.00. The van der Waals surface area contributed by atoms with E-state index in [1.54, 1.807) is 0 Å². The Morgan fingerprint density at radius 1 is 1.62 bits per heavy atom. The van der Waals surface area contributed by atoms with Gasteiger partial charge in [0.25, 0.3) is 0 Å². The van der Waals surface area contributed by atoms with Gasteiger partial charge >= 0.3 is 0 Å². The number of likely N-dealkylation sites (tertiary alicyclic amines) is 1. The van der Waals surface area contributed by atoms with Gasteiger partial charge in [0.05, 0.1) is 5.60 Å². The molecule has 13 heavy (non-hydrogen) atoms. The first-order valence-electron chi connectivity index (χ1n) is 4.95. The summed E-state index contributed by atoms with van der Waals surface area (Å²) in [5.74, 6) is 0. The number of likely N-dealkylation sites (N-methyl/N-ethyl adjacent to an activating group) is 1. The number of nitrogens with two attached hydrogens (primary N) is 1. The van der Waals surface area contributed by atoms with Gasteiger partial charge < -0.3 is 15.7 Å². The first kappa shape index (κ1) is 11.0. The van der Waals surface area contributed by atoms with Gasteiger partial charge in [0.15, 0.2) is 0 Å². The second kappa shape index (κ2) is 3.23. The molecule has 3 N–H and O–H groups in total. The maximum atomic E-state index is 10.4. The van der Waals surface area contributed by atoms with E-state index in [1.807, 2.05) is 13.8 Å². The van der Waals surface area contributed by atoms with Crippen molar-refractivity contribution in [2.45, 2.75) is 38.8 Å². The molecule has 0 amide bonds. The first-order valence-corrected chi connectivity index (χ1v) is 4.95. The van der Waals surface area contributed by atoms with E-state index in [0.717, 1.165) is 13.0 Å². The molecule has 0 aromatic heterocycles. The van der Waals surface area contributed by atoms with E-state index in [1.165, 1.54) is 0 Å². The van der Waals surface area contributed by atoms with Crippen LogP contribution in [0.1, 0.15) is 27.2 Å². The lowest BCUT2D eigenvalue weighted by molar-refractivity contribution is -0.0514. The summed E-state index contributed by atoms with van der Waals surface area (Å²) in [5, 5.41) is 10.4. The monoisotopic (exact) mass is 186 g/mol. The fourth-order valence-electron chi connectivity index (χ4n) is 1.96. The van der Waals surface area contributed by atoms with Crippen molar-refractivity contribution in [1.29, 1.82) is 0 Å². The second-order valence-electron chi connectivity index (χ2n) is 5.09. The number of nitrogens with zero attached hydrogens (tertiary/aromatic N) is 1. The van der Waals surface area contributed by atoms with Crippen LogP contribution in [0.4, 0.5) is 0 Å². The second-order valence-corrected chi connectivity index (χ2v) is 5.09. The third-order valence-electron chi connectivity index (χ3n) is 3.67. The van der Waals surface area contributed by atoms with Crippen LogP contribution < -0.4 is 5.73 Å². The van der Waals surface area contributed by atoms with Gasteiger partial charge in [-0.25, -0.2) is 0 Å². The molecule has 2 unspecified atom stereocenters. The Bertz CT molecular complexity index is 181. The number of β-amino-alcohol motifs (C(OH)–C–C–N with tert-alkyl or cyclic N) is 1. The Kier molecular flexibility index (Phi) is 2.72. The number of aliphatic hydroxyl groups is 1. The molecule has 0 bridgehead atoms. The highest BCUT2D eigenvalue weighted by Gasteiger charge is 2.48. The molecule has 2 atom stereocenters. The van der Waals surface area contributed by atoms with Crippen LogP contribution in [0.25, 0.3) is 0 Å². The zero-order valence-corrected chi connectivity index (χ0v) is 9.17. The molecule has 1 aliphatic rings. The topological polar surface area (TPSA) is 49.5 Å². The Balaban J connectivity index is 2.80. The quantitative estimate of drug-likeness (QED) is 0.657. The summed E-state index contributed by atoms with van der Waals surface area (Å²) in [6.07, 6.45) is 0.827. The maximum absolute atomic E-state index is 10.4. The summed E-state index contributed by atoms with van der Waals surface area (Å²) in [5.41, 5.74) is 4.88. The van der Waals surface area contributed by atoms with E-state index < -0.39 is 5.60 Å². The summed E-state index contributed by atoms with van der Waals surface area (Å²) < 4.78 is 0. The molecule has 3 heteroatoms. The molecule has 78 valence electrons. The Hall–Kier alpha value is -0.120. The highest BCUT2D eigenvalue weighted by Crippen LogP contribution is 2.39. The van der Waals surface area contributed by atoms with E-state index >= 15 is 0 Å². The van der Waals surface area contributed by atoms with Crippen molar-refractivity contribution < 1.29 is 5.11 Å². The van der Waals surface area contributed by atoms with E-state index in [4.69, 9.17) is 5.73 Å². The molecule has 0 radical (unpaired) electrons. The van der Waals surface area contributed by atoms with Crippen LogP contribution in [0, 0.1) is 5.41 Å². The lowest BCUT2D eigenvalue weighted by Gasteiger charge is -2.39. The third kappa shape index (κ3) is 1.73. The highest BCUT2D eigenvalue weighted by molar-refractivity contribution is 5.02. The Morgan fingerprint density at radius 3 is 2.46 bits per heavy atom. The summed E-state index contributed by atoms with van der Waals surface area (Å²) >= 11 is 0. The lowest BCUT2D eigenvalue weighted by atomic mass is 9.73. The maximum Gasteiger partial charge on any atom is 0.0851 e. The molecule has 0 aliphatic carbocycles. The zero-order chi connectivity index (χ0) is 10.3. The van der Waals surface area contributed by atoms with Crippen molar-refractivity contribution in [2.24, 2.45) is 11.1 Å². The van der Waals surface area contributed by atoms with Crippen molar-refractivity contribution in [3.63, 3.8) is 0 Å². The van der Waals surface area contributed by atoms with Gasteiger partial charge in [-0.2, -0.15) is 0 Å².